The monoisotopic (exact) mass is 1120 g/mol. The smallest absolute Gasteiger partial charge is 0.149 e. The first-order valence-corrected chi connectivity index (χ1v) is 29.4. The third kappa shape index (κ3) is 12.1. The third-order valence-corrected chi connectivity index (χ3v) is 16.0. The molecule has 86 heavy (non-hydrogen) atoms. The van der Waals surface area contributed by atoms with Gasteiger partial charge in [0.25, 0.3) is 0 Å². The van der Waals surface area contributed by atoms with Gasteiger partial charge in [0, 0.05) is 35.3 Å². The fraction of sp³-hybridized carbons (Fsp3) is 0.114. The Hall–Kier alpha value is -10.2. The number of ether oxygens (including phenoxy) is 6. The van der Waals surface area contributed by atoms with Gasteiger partial charge >= 0.3 is 0 Å². The van der Waals surface area contributed by atoms with Gasteiger partial charge in [0.05, 0.1) is 20.4 Å². The average molecular weight is 1120 g/mol. The quantitative estimate of drug-likeness (QED) is 0.0592. The van der Waals surface area contributed by atoms with Crippen LogP contribution in [0, 0.1) is 0 Å². The van der Waals surface area contributed by atoms with Crippen LogP contribution in [0.3, 0.4) is 0 Å². The molecule has 422 valence electrons. The number of benzene rings is 13. The Morgan fingerprint density at radius 1 is 0.314 bits per heavy atom. The maximum absolute atomic E-state index is 7.33. The van der Waals surface area contributed by atoms with Crippen molar-refractivity contribution in [2.24, 2.45) is 0 Å². The van der Waals surface area contributed by atoms with Crippen molar-refractivity contribution >= 4 is 43.1 Å². The first-order valence-electron chi connectivity index (χ1n) is 29.4. The maximum Gasteiger partial charge on any atom is 0.149 e. The number of rotatable bonds is 23. The summed E-state index contributed by atoms with van der Waals surface area (Å²) in [6.07, 6.45) is -0.741. The highest BCUT2D eigenvalue weighted by atomic mass is 16.5. The zero-order valence-corrected chi connectivity index (χ0v) is 48.0. The van der Waals surface area contributed by atoms with E-state index < -0.39 is 0 Å². The lowest BCUT2D eigenvalue weighted by atomic mass is 9.92. The minimum Gasteiger partial charge on any atom is -0.497 e. The summed E-state index contributed by atoms with van der Waals surface area (Å²) in [7, 11) is 1.68. The molecule has 13 rings (SSSR count). The first kappa shape index (κ1) is 55.0. The van der Waals surface area contributed by atoms with Crippen molar-refractivity contribution in [1.82, 2.24) is 4.90 Å². The van der Waals surface area contributed by atoms with E-state index >= 15 is 0 Å². The Kier molecular flexibility index (Phi) is 16.7. The van der Waals surface area contributed by atoms with E-state index in [0.29, 0.717) is 39.6 Å². The fourth-order valence-corrected chi connectivity index (χ4v) is 11.7. The summed E-state index contributed by atoms with van der Waals surface area (Å²) < 4.78 is 40.9. The molecule has 13 aromatic carbocycles. The zero-order chi connectivity index (χ0) is 57.9. The van der Waals surface area contributed by atoms with Gasteiger partial charge < -0.3 is 28.4 Å². The van der Waals surface area contributed by atoms with E-state index in [2.05, 4.69) is 248 Å². The normalized spacial score (nSPS) is 11.5. The van der Waals surface area contributed by atoms with E-state index in [-0.39, 0.29) is 12.2 Å². The summed E-state index contributed by atoms with van der Waals surface area (Å²) >= 11 is 0. The Morgan fingerprint density at radius 3 is 0.977 bits per heavy atom. The summed E-state index contributed by atoms with van der Waals surface area (Å²) in [6, 6.07) is 101. The van der Waals surface area contributed by atoms with Crippen LogP contribution in [0.2, 0.25) is 0 Å². The summed E-state index contributed by atoms with van der Waals surface area (Å²) in [5.74, 6) is 3.83. The Balaban J connectivity index is 0.833. The number of hydrogen-bond donors (Lipinski definition) is 0. The van der Waals surface area contributed by atoms with Crippen LogP contribution >= 0.6 is 0 Å². The Morgan fingerprint density at radius 2 is 0.628 bits per heavy atom. The summed E-state index contributed by atoms with van der Waals surface area (Å²) in [5, 5.41) is 8.68. The van der Waals surface area contributed by atoms with E-state index in [1.54, 1.807) is 7.11 Å². The van der Waals surface area contributed by atoms with E-state index in [1.807, 2.05) is 48.5 Å². The molecule has 13 aromatic rings. The van der Waals surface area contributed by atoms with Crippen LogP contribution in [0.25, 0.3) is 65.3 Å². The average Bonchev–Trinajstić information content (AvgIpc) is 0.957. The second-order valence-electron chi connectivity index (χ2n) is 21.4. The number of methoxy groups -OCH3 is 1. The molecule has 0 aliphatic carbocycles. The standard InChI is InChI=1S/C79H65NO6/c1-81-65-44-38-56(39-45-65)54-82-55-80(50-52-83-70-46-40-57-22-14-18-34-66(57)74(70)76-68-36-20-16-24-59(68)42-48-72(76)85-78(61-26-6-2-7-27-61)62-28-8-3-9-29-62)51-53-84-71-47-41-58-23-15-19-35-67(58)75(71)77-69-37-21-17-25-60(69)43-49-73(77)86-79(63-30-10-4-11-31-63)64-32-12-5-13-33-64/h2-49,78-79H,50-55H2,1H3. The van der Waals surface area contributed by atoms with Crippen LogP contribution in [0.4, 0.5) is 0 Å². The van der Waals surface area contributed by atoms with Gasteiger partial charge in [0.15, 0.2) is 0 Å². The maximum atomic E-state index is 7.33. The molecular weight excluding hydrogens is 1060 g/mol. The lowest BCUT2D eigenvalue weighted by Crippen LogP contribution is -2.34. The molecule has 0 N–H and O–H groups in total. The van der Waals surface area contributed by atoms with Crippen molar-refractivity contribution in [3.63, 3.8) is 0 Å². The molecule has 0 fully saturated rings. The molecule has 0 heterocycles. The van der Waals surface area contributed by atoms with Gasteiger partial charge in [0.1, 0.15) is 54.2 Å². The summed E-state index contributed by atoms with van der Waals surface area (Å²) in [6.45, 7) is 2.53. The van der Waals surface area contributed by atoms with Crippen LogP contribution in [-0.4, -0.2) is 45.0 Å². The van der Waals surface area contributed by atoms with E-state index in [4.69, 9.17) is 28.4 Å². The molecule has 0 amide bonds. The van der Waals surface area contributed by atoms with Gasteiger partial charge in [-0.15, -0.1) is 0 Å². The van der Waals surface area contributed by atoms with Gasteiger partial charge in [-0.05, 0) is 107 Å². The summed E-state index contributed by atoms with van der Waals surface area (Å²) in [5.41, 5.74) is 9.18. The second-order valence-corrected chi connectivity index (χ2v) is 21.4. The lowest BCUT2D eigenvalue weighted by molar-refractivity contribution is 0.00723. The number of fused-ring (bicyclic) bond motifs is 4. The van der Waals surface area contributed by atoms with E-state index in [9.17, 15) is 0 Å². The molecule has 0 atom stereocenters. The molecule has 0 spiro atoms. The van der Waals surface area contributed by atoms with E-state index in [0.717, 1.165) is 122 Å². The Bertz CT molecular complexity index is 4050. The van der Waals surface area contributed by atoms with Gasteiger partial charge in [-0.3, -0.25) is 4.90 Å². The highest BCUT2D eigenvalue weighted by Gasteiger charge is 2.26. The van der Waals surface area contributed by atoms with Crippen LogP contribution in [0.5, 0.6) is 28.7 Å². The molecule has 7 nitrogen and oxygen atoms in total. The van der Waals surface area contributed by atoms with Crippen molar-refractivity contribution in [3.05, 3.63) is 319 Å². The van der Waals surface area contributed by atoms with Gasteiger partial charge in [-0.2, -0.15) is 0 Å². The highest BCUT2D eigenvalue weighted by Crippen LogP contribution is 2.49. The first-order chi connectivity index (χ1) is 42.6. The predicted octanol–water partition coefficient (Wildman–Crippen LogP) is 18.9. The van der Waals surface area contributed by atoms with Crippen molar-refractivity contribution in [3.8, 4) is 51.0 Å². The molecular formula is C79H65NO6. The SMILES string of the molecule is COc1ccc(COCN(CCOc2ccc3ccccc3c2-c2c(OC(c3ccccc3)c3ccccc3)ccc3ccccc23)CCOc2ccc3ccccc3c2-c2c(OC(c3ccccc3)c3ccccc3)ccc3ccccc23)cc1. The lowest BCUT2D eigenvalue weighted by Gasteiger charge is -2.26. The van der Waals surface area contributed by atoms with Crippen LogP contribution < -0.4 is 23.7 Å². The molecule has 0 radical (unpaired) electrons. The fourth-order valence-electron chi connectivity index (χ4n) is 11.7. The minimum atomic E-state index is -0.370. The molecule has 0 saturated heterocycles. The minimum absolute atomic E-state index is 0.331. The van der Waals surface area contributed by atoms with Crippen LogP contribution in [0.1, 0.15) is 40.0 Å². The van der Waals surface area contributed by atoms with E-state index in [1.165, 1.54) is 0 Å². The number of hydrogen-bond acceptors (Lipinski definition) is 7. The highest BCUT2D eigenvalue weighted by molar-refractivity contribution is 6.11. The molecule has 7 heteroatoms. The largest absolute Gasteiger partial charge is 0.497 e. The van der Waals surface area contributed by atoms with Crippen molar-refractivity contribution in [2.45, 2.75) is 18.8 Å². The zero-order valence-electron chi connectivity index (χ0n) is 48.0. The molecule has 0 aromatic heterocycles. The molecule has 0 bridgehead atoms. The molecule has 0 saturated carbocycles. The topological polar surface area (TPSA) is 58.6 Å². The van der Waals surface area contributed by atoms with Crippen LogP contribution in [0.15, 0.2) is 291 Å². The molecule has 0 aliphatic rings. The van der Waals surface area contributed by atoms with Gasteiger partial charge in [-0.1, -0.05) is 255 Å². The molecule has 0 unspecified atom stereocenters. The van der Waals surface area contributed by atoms with Crippen LogP contribution in [-0.2, 0) is 11.3 Å². The van der Waals surface area contributed by atoms with Gasteiger partial charge in [-0.25, -0.2) is 0 Å². The van der Waals surface area contributed by atoms with Crippen molar-refractivity contribution in [1.29, 1.82) is 0 Å². The van der Waals surface area contributed by atoms with Crippen molar-refractivity contribution in [2.75, 3.05) is 40.1 Å². The predicted molar refractivity (Wildman–Crippen MR) is 350 cm³/mol. The van der Waals surface area contributed by atoms with Gasteiger partial charge in [0.2, 0.25) is 0 Å². The second kappa shape index (κ2) is 26.2. The number of nitrogens with zero attached hydrogens (tertiary/aromatic N) is 1. The third-order valence-electron chi connectivity index (χ3n) is 16.0. The Labute approximate surface area is 502 Å². The summed E-state index contributed by atoms with van der Waals surface area (Å²) in [4.78, 5) is 2.26. The van der Waals surface area contributed by atoms with Crippen molar-refractivity contribution < 1.29 is 28.4 Å². The molecule has 0 aliphatic heterocycles.